The summed E-state index contributed by atoms with van der Waals surface area (Å²) < 4.78 is 0. The van der Waals surface area contributed by atoms with Crippen molar-refractivity contribution in [3.63, 3.8) is 0 Å². The summed E-state index contributed by atoms with van der Waals surface area (Å²) in [5, 5.41) is 0. The number of thiol groups is 1. The van der Waals surface area contributed by atoms with Gasteiger partial charge in [0.15, 0.2) is 0 Å². The molecule has 1 aromatic rings. The van der Waals surface area contributed by atoms with Crippen molar-refractivity contribution in [3.8, 4) is 0 Å². The standard InChI is InChI=1S/C13H22N2S/c1-3-6-12(11-16)9-15(2)10-13-7-4-5-8-14-13/h4-5,7-8,12,16H,3,6,9-11H2,1-2H3. The largest absolute Gasteiger partial charge is 0.300 e. The molecule has 0 radical (unpaired) electrons. The van der Waals surface area contributed by atoms with E-state index in [0.717, 1.165) is 24.5 Å². The summed E-state index contributed by atoms with van der Waals surface area (Å²) >= 11 is 4.41. The third-order valence-electron chi connectivity index (χ3n) is 2.68. The van der Waals surface area contributed by atoms with Gasteiger partial charge in [-0.05, 0) is 37.3 Å². The number of rotatable bonds is 7. The van der Waals surface area contributed by atoms with Crippen LogP contribution in [0.4, 0.5) is 0 Å². The average molecular weight is 238 g/mol. The second kappa shape index (κ2) is 7.69. The van der Waals surface area contributed by atoms with E-state index >= 15 is 0 Å². The lowest BCUT2D eigenvalue weighted by molar-refractivity contribution is 0.270. The Balaban J connectivity index is 2.37. The molecule has 1 rings (SSSR count). The Kier molecular flexibility index (Phi) is 6.50. The van der Waals surface area contributed by atoms with Crippen LogP contribution in [0.5, 0.6) is 0 Å². The van der Waals surface area contributed by atoms with Gasteiger partial charge in [0, 0.05) is 19.3 Å². The van der Waals surface area contributed by atoms with Gasteiger partial charge in [-0.3, -0.25) is 4.98 Å². The average Bonchev–Trinajstić information content (AvgIpc) is 2.29. The molecule has 90 valence electrons. The number of aromatic nitrogens is 1. The van der Waals surface area contributed by atoms with E-state index in [4.69, 9.17) is 0 Å². The van der Waals surface area contributed by atoms with E-state index in [1.54, 1.807) is 0 Å². The molecule has 0 aliphatic rings. The Hall–Kier alpha value is -0.540. The minimum atomic E-state index is 0.696. The molecule has 1 atom stereocenters. The zero-order valence-corrected chi connectivity index (χ0v) is 11.2. The first-order valence-electron chi connectivity index (χ1n) is 5.95. The Bertz CT molecular complexity index is 277. The summed E-state index contributed by atoms with van der Waals surface area (Å²) in [6.07, 6.45) is 4.35. The van der Waals surface area contributed by atoms with Gasteiger partial charge in [-0.2, -0.15) is 12.6 Å². The highest BCUT2D eigenvalue weighted by molar-refractivity contribution is 7.80. The number of pyridine rings is 1. The van der Waals surface area contributed by atoms with Crippen LogP contribution in [0.15, 0.2) is 24.4 Å². The van der Waals surface area contributed by atoms with Crippen LogP contribution in [0, 0.1) is 5.92 Å². The fourth-order valence-electron chi connectivity index (χ4n) is 1.92. The summed E-state index contributed by atoms with van der Waals surface area (Å²) in [7, 11) is 2.15. The van der Waals surface area contributed by atoms with Crippen molar-refractivity contribution in [2.75, 3.05) is 19.3 Å². The van der Waals surface area contributed by atoms with Crippen LogP contribution in [0.25, 0.3) is 0 Å². The molecular formula is C13H22N2S. The fraction of sp³-hybridized carbons (Fsp3) is 0.615. The Morgan fingerprint density at radius 3 is 2.81 bits per heavy atom. The summed E-state index contributed by atoms with van der Waals surface area (Å²) in [6, 6.07) is 6.07. The fourth-order valence-corrected chi connectivity index (χ4v) is 2.22. The van der Waals surface area contributed by atoms with Gasteiger partial charge in [-0.1, -0.05) is 19.4 Å². The van der Waals surface area contributed by atoms with Crippen LogP contribution in [-0.2, 0) is 6.54 Å². The van der Waals surface area contributed by atoms with E-state index in [2.05, 4.69) is 42.6 Å². The molecule has 3 heteroatoms. The highest BCUT2D eigenvalue weighted by Crippen LogP contribution is 2.11. The van der Waals surface area contributed by atoms with E-state index in [1.807, 2.05) is 18.3 Å². The van der Waals surface area contributed by atoms with E-state index in [0.29, 0.717) is 5.92 Å². The first-order valence-corrected chi connectivity index (χ1v) is 6.58. The minimum Gasteiger partial charge on any atom is -0.300 e. The smallest absolute Gasteiger partial charge is 0.0543 e. The van der Waals surface area contributed by atoms with Gasteiger partial charge in [0.2, 0.25) is 0 Å². The van der Waals surface area contributed by atoms with Crippen molar-refractivity contribution in [2.24, 2.45) is 5.92 Å². The predicted octanol–water partition coefficient (Wildman–Crippen LogP) is 2.86. The third kappa shape index (κ3) is 4.99. The normalized spacial score (nSPS) is 13.0. The van der Waals surface area contributed by atoms with E-state index < -0.39 is 0 Å². The molecule has 0 aliphatic carbocycles. The molecule has 0 aromatic carbocycles. The zero-order valence-electron chi connectivity index (χ0n) is 10.3. The van der Waals surface area contributed by atoms with Crippen LogP contribution in [-0.4, -0.2) is 29.2 Å². The molecule has 1 heterocycles. The quantitative estimate of drug-likeness (QED) is 0.735. The van der Waals surface area contributed by atoms with Crippen LogP contribution in [0.1, 0.15) is 25.5 Å². The molecule has 0 N–H and O–H groups in total. The summed E-state index contributed by atoms with van der Waals surface area (Å²) in [4.78, 5) is 6.67. The number of hydrogen-bond donors (Lipinski definition) is 1. The molecule has 2 nitrogen and oxygen atoms in total. The summed E-state index contributed by atoms with van der Waals surface area (Å²) in [5.74, 6) is 1.67. The molecule has 0 spiro atoms. The third-order valence-corrected chi connectivity index (χ3v) is 3.20. The molecule has 0 saturated heterocycles. The number of hydrogen-bond acceptors (Lipinski definition) is 3. The lowest BCUT2D eigenvalue weighted by Crippen LogP contribution is -2.26. The van der Waals surface area contributed by atoms with Crippen molar-refractivity contribution in [1.82, 2.24) is 9.88 Å². The van der Waals surface area contributed by atoms with Crippen molar-refractivity contribution < 1.29 is 0 Å². The molecular weight excluding hydrogens is 216 g/mol. The van der Waals surface area contributed by atoms with Crippen LogP contribution in [0.3, 0.4) is 0 Å². The lowest BCUT2D eigenvalue weighted by atomic mass is 10.1. The number of nitrogens with zero attached hydrogens (tertiary/aromatic N) is 2. The van der Waals surface area contributed by atoms with Gasteiger partial charge in [0.05, 0.1) is 5.69 Å². The van der Waals surface area contributed by atoms with Gasteiger partial charge in [0.1, 0.15) is 0 Å². The Morgan fingerprint density at radius 2 is 2.25 bits per heavy atom. The van der Waals surface area contributed by atoms with Crippen LogP contribution >= 0.6 is 12.6 Å². The van der Waals surface area contributed by atoms with Crippen LogP contribution in [0.2, 0.25) is 0 Å². The van der Waals surface area contributed by atoms with Gasteiger partial charge in [0.25, 0.3) is 0 Å². The summed E-state index contributed by atoms with van der Waals surface area (Å²) in [5.41, 5.74) is 1.14. The van der Waals surface area contributed by atoms with Gasteiger partial charge < -0.3 is 4.90 Å². The topological polar surface area (TPSA) is 16.1 Å². The minimum absolute atomic E-state index is 0.696. The monoisotopic (exact) mass is 238 g/mol. The lowest BCUT2D eigenvalue weighted by Gasteiger charge is -2.22. The molecule has 1 aromatic heterocycles. The molecule has 0 fully saturated rings. The van der Waals surface area contributed by atoms with Gasteiger partial charge >= 0.3 is 0 Å². The highest BCUT2D eigenvalue weighted by Gasteiger charge is 2.09. The summed E-state index contributed by atoms with van der Waals surface area (Å²) in [6.45, 7) is 4.26. The Morgan fingerprint density at radius 1 is 1.44 bits per heavy atom. The molecule has 0 bridgehead atoms. The first kappa shape index (κ1) is 13.5. The van der Waals surface area contributed by atoms with Crippen LogP contribution < -0.4 is 0 Å². The maximum absolute atomic E-state index is 4.41. The molecule has 16 heavy (non-hydrogen) atoms. The van der Waals surface area contributed by atoms with E-state index in [9.17, 15) is 0 Å². The maximum atomic E-state index is 4.41. The second-order valence-corrected chi connectivity index (χ2v) is 4.72. The molecule has 0 saturated carbocycles. The maximum Gasteiger partial charge on any atom is 0.0543 e. The zero-order chi connectivity index (χ0) is 11.8. The molecule has 0 aliphatic heterocycles. The molecule has 1 unspecified atom stereocenters. The van der Waals surface area contributed by atoms with E-state index in [1.165, 1.54) is 12.8 Å². The SMILES string of the molecule is CCCC(CS)CN(C)Cc1ccccn1. The van der Waals surface area contributed by atoms with Crippen molar-refractivity contribution in [2.45, 2.75) is 26.3 Å². The second-order valence-electron chi connectivity index (χ2n) is 4.36. The van der Waals surface area contributed by atoms with Crippen molar-refractivity contribution in [3.05, 3.63) is 30.1 Å². The Labute approximate surface area is 104 Å². The van der Waals surface area contributed by atoms with Crippen molar-refractivity contribution in [1.29, 1.82) is 0 Å². The first-order chi connectivity index (χ1) is 7.76. The van der Waals surface area contributed by atoms with Gasteiger partial charge in [-0.25, -0.2) is 0 Å². The van der Waals surface area contributed by atoms with Gasteiger partial charge in [-0.15, -0.1) is 0 Å². The highest BCUT2D eigenvalue weighted by atomic mass is 32.1. The molecule has 0 amide bonds. The van der Waals surface area contributed by atoms with Crippen molar-refractivity contribution >= 4 is 12.6 Å². The van der Waals surface area contributed by atoms with E-state index in [-0.39, 0.29) is 0 Å². The predicted molar refractivity (Wildman–Crippen MR) is 72.8 cm³/mol.